The van der Waals surface area contributed by atoms with E-state index in [0.29, 0.717) is 40.8 Å². The summed E-state index contributed by atoms with van der Waals surface area (Å²) >= 11 is 7.11. The van der Waals surface area contributed by atoms with E-state index in [9.17, 15) is 19.5 Å². The molecule has 0 spiro atoms. The fraction of sp³-hybridized carbons (Fsp3) is 0.409. The van der Waals surface area contributed by atoms with Gasteiger partial charge in [-0.1, -0.05) is 11.6 Å². The van der Waals surface area contributed by atoms with E-state index < -0.39 is 0 Å². The van der Waals surface area contributed by atoms with Crippen molar-refractivity contribution in [2.45, 2.75) is 24.9 Å². The van der Waals surface area contributed by atoms with Gasteiger partial charge in [-0.25, -0.2) is 0 Å². The summed E-state index contributed by atoms with van der Waals surface area (Å²) in [4.78, 5) is 39.5. The molecule has 3 amide bonds. The molecular formula is C22H24ClN3O5S. The zero-order valence-corrected chi connectivity index (χ0v) is 18.8. The zero-order valence-electron chi connectivity index (χ0n) is 17.3. The Morgan fingerprint density at radius 3 is 2.38 bits per heavy atom. The van der Waals surface area contributed by atoms with Crippen LogP contribution in [0.1, 0.15) is 32.9 Å². The Labute approximate surface area is 194 Å². The number of nitrogens with one attached hydrogen (secondary N) is 2. The first-order valence-corrected chi connectivity index (χ1v) is 11.6. The minimum atomic E-state index is -0.306. The van der Waals surface area contributed by atoms with Gasteiger partial charge >= 0.3 is 0 Å². The van der Waals surface area contributed by atoms with E-state index in [1.54, 1.807) is 41.3 Å². The van der Waals surface area contributed by atoms with Crippen molar-refractivity contribution < 1.29 is 24.2 Å². The molecule has 2 aliphatic rings. The molecule has 1 saturated heterocycles. The maximum atomic E-state index is 12.8. The number of thiophene rings is 1. The predicted octanol–water partition coefficient (Wildman–Crippen LogP) is 2.06. The van der Waals surface area contributed by atoms with E-state index in [1.807, 2.05) is 0 Å². The molecule has 0 unspecified atom stereocenters. The van der Waals surface area contributed by atoms with Crippen molar-refractivity contribution in [1.29, 1.82) is 0 Å². The predicted molar refractivity (Wildman–Crippen MR) is 121 cm³/mol. The summed E-state index contributed by atoms with van der Waals surface area (Å²) in [5.41, 5.74) is 1.17. The van der Waals surface area contributed by atoms with Crippen molar-refractivity contribution in [3.05, 3.63) is 51.2 Å². The number of halogens is 1. The number of amides is 3. The number of morpholine rings is 1. The first-order chi connectivity index (χ1) is 15.4. The van der Waals surface area contributed by atoms with Crippen molar-refractivity contribution in [3.8, 4) is 0 Å². The summed E-state index contributed by atoms with van der Waals surface area (Å²) in [6, 6.07) is 9.55. The first kappa shape index (κ1) is 22.7. The van der Waals surface area contributed by atoms with Gasteiger partial charge in [0.2, 0.25) is 0 Å². The molecule has 1 aromatic carbocycles. The third-order valence-corrected chi connectivity index (χ3v) is 7.01. The second-order valence-electron chi connectivity index (χ2n) is 7.93. The van der Waals surface area contributed by atoms with Crippen LogP contribution >= 0.6 is 22.9 Å². The highest BCUT2D eigenvalue weighted by Gasteiger charge is 2.36. The number of hydrogen-bond donors (Lipinski definition) is 3. The van der Waals surface area contributed by atoms with E-state index >= 15 is 0 Å². The lowest BCUT2D eigenvalue weighted by Gasteiger charge is -2.27. The van der Waals surface area contributed by atoms with E-state index in [-0.39, 0.29) is 48.9 Å². The average molecular weight is 478 g/mol. The maximum Gasteiger partial charge on any atom is 0.261 e. The van der Waals surface area contributed by atoms with Crippen LogP contribution in [-0.2, 0) is 9.53 Å². The summed E-state index contributed by atoms with van der Waals surface area (Å²) < 4.78 is 5.68. The smallest absolute Gasteiger partial charge is 0.261 e. The Kier molecular flexibility index (Phi) is 7.10. The molecule has 170 valence electrons. The Balaban J connectivity index is 1.41. The second-order valence-corrected chi connectivity index (χ2v) is 9.64. The van der Waals surface area contributed by atoms with Crippen LogP contribution in [0.2, 0.25) is 4.34 Å². The number of carbonyl (C=O) groups excluding carboxylic acids is 3. The Hall–Kier alpha value is -2.46. The number of benzene rings is 1. The van der Waals surface area contributed by atoms with Gasteiger partial charge in [-0.15, -0.1) is 11.3 Å². The van der Waals surface area contributed by atoms with Crippen molar-refractivity contribution in [2.75, 3.05) is 31.3 Å². The highest BCUT2D eigenvalue weighted by Crippen LogP contribution is 2.28. The van der Waals surface area contributed by atoms with Gasteiger partial charge < -0.3 is 25.4 Å². The molecule has 2 fully saturated rings. The van der Waals surface area contributed by atoms with Crippen LogP contribution in [0.5, 0.6) is 0 Å². The largest absolute Gasteiger partial charge is 0.396 e. The normalized spacial score (nSPS) is 23.2. The number of ether oxygens (including phenoxy) is 1. The average Bonchev–Trinajstić information content (AvgIpc) is 3.40. The molecule has 10 heteroatoms. The number of rotatable bonds is 6. The number of hydrogen-bond acceptors (Lipinski definition) is 6. The van der Waals surface area contributed by atoms with Crippen LogP contribution < -0.4 is 15.5 Å². The molecule has 3 atom stereocenters. The molecule has 2 aromatic rings. The lowest BCUT2D eigenvalue weighted by atomic mass is 10.1. The minimum Gasteiger partial charge on any atom is -0.396 e. The SMILES string of the molecule is O=C(N[C@H]1C[C@H](CO)C[C@H]1NC(=O)c1ccc(Cl)s1)c1ccc(N2CCOCC2=O)cc1. The molecule has 1 aliphatic heterocycles. The number of aliphatic hydroxyl groups excluding tert-OH is 1. The summed E-state index contributed by atoms with van der Waals surface area (Å²) in [6.07, 6.45) is 1.14. The van der Waals surface area contributed by atoms with Crippen LogP contribution in [0, 0.1) is 5.92 Å². The first-order valence-electron chi connectivity index (χ1n) is 10.4. The summed E-state index contributed by atoms with van der Waals surface area (Å²) in [6.45, 7) is 1.00. The molecule has 1 aromatic heterocycles. The molecule has 4 rings (SSSR count). The molecule has 1 saturated carbocycles. The molecular weight excluding hydrogens is 454 g/mol. The Morgan fingerprint density at radius 2 is 1.78 bits per heavy atom. The van der Waals surface area contributed by atoms with Gasteiger partial charge in [0.25, 0.3) is 17.7 Å². The molecule has 8 nitrogen and oxygen atoms in total. The second kappa shape index (κ2) is 9.99. The van der Waals surface area contributed by atoms with Crippen molar-refractivity contribution in [3.63, 3.8) is 0 Å². The van der Waals surface area contributed by atoms with Crippen LogP contribution in [-0.4, -0.2) is 61.3 Å². The molecule has 32 heavy (non-hydrogen) atoms. The Bertz CT molecular complexity index is 996. The van der Waals surface area contributed by atoms with Gasteiger partial charge in [-0.3, -0.25) is 14.4 Å². The maximum absolute atomic E-state index is 12.8. The third kappa shape index (κ3) is 5.12. The van der Waals surface area contributed by atoms with Crippen LogP contribution in [0.3, 0.4) is 0 Å². The number of anilines is 1. The van der Waals surface area contributed by atoms with E-state index in [4.69, 9.17) is 16.3 Å². The van der Waals surface area contributed by atoms with Crippen molar-refractivity contribution in [2.24, 2.45) is 5.92 Å². The number of aliphatic hydroxyl groups is 1. The number of carbonyl (C=O) groups is 3. The fourth-order valence-electron chi connectivity index (χ4n) is 4.12. The quantitative estimate of drug-likeness (QED) is 0.590. The van der Waals surface area contributed by atoms with E-state index in [2.05, 4.69) is 10.6 Å². The van der Waals surface area contributed by atoms with E-state index in [0.717, 1.165) is 5.69 Å². The van der Waals surface area contributed by atoms with Gasteiger partial charge in [-0.05, 0) is 55.2 Å². The lowest BCUT2D eigenvalue weighted by Crippen LogP contribution is -2.48. The highest BCUT2D eigenvalue weighted by molar-refractivity contribution is 7.18. The van der Waals surface area contributed by atoms with Gasteiger partial charge in [-0.2, -0.15) is 0 Å². The molecule has 1 aliphatic carbocycles. The Morgan fingerprint density at radius 1 is 1.09 bits per heavy atom. The van der Waals surface area contributed by atoms with E-state index in [1.165, 1.54) is 11.3 Å². The van der Waals surface area contributed by atoms with Gasteiger partial charge in [0.15, 0.2) is 0 Å². The van der Waals surface area contributed by atoms with Gasteiger partial charge in [0.05, 0.1) is 15.8 Å². The van der Waals surface area contributed by atoms with Gasteiger partial charge in [0.1, 0.15) is 6.61 Å². The highest BCUT2D eigenvalue weighted by atomic mass is 35.5. The standard InChI is InChI=1S/C22H24ClN3O5S/c23-19-6-5-18(32-19)22(30)25-17-10-13(11-27)9-16(17)24-21(29)14-1-3-15(4-2-14)26-7-8-31-12-20(26)28/h1-6,13,16-17,27H,7-12H2,(H,24,29)(H,25,30)/t13-,16-,17+/m0/s1. The fourth-order valence-corrected chi connectivity index (χ4v) is 5.07. The van der Waals surface area contributed by atoms with Crippen LogP contribution in [0.25, 0.3) is 0 Å². The third-order valence-electron chi connectivity index (χ3n) is 5.78. The van der Waals surface area contributed by atoms with Crippen molar-refractivity contribution >= 4 is 46.3 Å². The molecule has 0 bridgehead atoms. The zero-order chi connectivity index (χ0) is 22.7. The lowest BCUT2D eigenvalue weighted by molar-refractivity contribution is -0.125. The number of nitrogens with zero attached hydrogens (tertiary/aromatic N) is 1. The molecule has 2 heterocycles. The summed E-state index contributed by atoms with van der Waals surface area (Å²) in [5.74, 6) is -0.636. The van der Waals surface area contributed by atoms with Crippen molar-refractivity contribution in [1.82, 2.24) is 10.6 Å². The minimum absolute atomic E-state index is 0.00719. The van der Waals surface area contributed by atoms with Crippen LogP contribution in [0.4, 0.5) is 5.69 Å². The molecule has 3 N–H and O–H groups in total. The van der Waals surface area contributed by atoms with Crippen LogP contribution in [0.15, 0.2) is 36.4 Å². The topological polar surface area (TPSA) is 108 Å². The summed E-state index contributed by atoms with van der Waals surface area (Å²) in [7, 11) is 0. The summed E-state index contributed by atoms with van der Waals surface area (Å²) in [5, 5.41) is 15.6. The van der Waals surface area contributed by atoms with Gasteiger partial charge in [0, 0.05) is 36.5 Å². The monoisotopic (exact) mass is 477 g/mol. The molecule has 0 radical (unpaired) electrons.